The van der Waals surface area contributed by atoms with Gasteiger partial charge in [-0.05, 0) is 50.1 Å². The molecule has 2 aliphatic carbocycles. The molecule has 1 heterocycles. The SMILES string of the molecule is CC(C)NCc1ccoc1CN(C)CC1CC2CCC1C2. The molecule has 3 unspecified atom stereocenters. The summed E-state index contributed by atoms with van der Waals surface area (Å²) in [4.78, 5) is 2.46. The highest BCUT2D eigenvalue weighted by Crippen LogP contribution is 2.48. The quantitative estimate of drug-likeness (QED) is 0.831. The highest BCUT2D eigenvalue weighted by Gasteiger charge is 2.39. The van der Waals surface area contributed by atoms with Crippen LogP contribution in [0.15, 0.2) is 16.7 Å². The van der Waals surface area contributed by atoms with Gasteiger partial charge in [-0.15, -0.1) is 0 Å². The Bertz CT molecular complexity index is 454. The first-order chi connectivity index (χ1) is 10.1. The van der Waals surface area contributed by atoms with Crippen molar-refractivity contribution >= 4 is 0 Å². The van der Waals surface area contributed by atoms with Gasteiger partial charge in [-0.1, -0.05) is 20.3 Å². The number of hydrogen-bond acceptors (Lipinski definition) is 3. The summed E-state index contributed by atoms with van der Waals surface area (Å²) in [6.07, 6.45) is 7.78. The molecule has 2 fully saturated rings. The van der Waals surface area contributed by atoms with Gasteiger partial charge in [0.25, 0.3) is 0 Å². The summed E-state index contributed by atoms with van der Waals surface area (Å²) in [5.41, 5.74) is 1.31. The normalized spacial score (nSPS) is 28.1. The molecule has 118 valence electrons. The molecule has 21 heavy (non-hydrogen) atoms. The van der Waals surface area contributed by atoms with E-state index in [1.807, 2.05) is 6.26 Å². The van der Waals surface area contributed by atoms with Crippen molar-refractivity contribution in [2.45, 2.75) is 58.7 Å². The highest BCUT2D eigenvalue weighted by molar-refractivity contribution is 5.16. The van der Waals surface area contributed by atoms with E-state index in [4.69, 9.17) is 4.42 Å². The number of fused-ring (bicyclic) bond motifs is 2. The molecule has 2 saturated carbocycles. The van der Waals surface area contributed by atoms with Crippen molar-refractivity contribution in [3.8, 4) is 0 Å². The molecule has 3 atom stereocenters. The fourth-order valence-electron chi connectivity index (χ4n) is 4.29. The number of furan rings is 1. The molecule has 1 aromatic rings. The lowest BCUT2D eigenvalue weighted by molar-refractivity contribution is 0.203. The molecule has 2 aliphatic rings. The van der Waals surface area contributed by atoms with Crippen LogP contribution in [-0.2, 0) is 13.1 Å². The lowest BCUT2D eigenvalue weighted by atomic mass is 9.88. The van der Waals surface area contributed by atoms with Crippen LogP contribution in [0.25, 0.3) is 0 Å². The van der Waals surface area contributed by atoms with Crippen LogP contribution in [-0.4, -0.2) is 24.5 Å². The Morgan fingerprint density at radius 2 is 2.19 bits per heavy atom. The smallest absolute Gasteiger partial charge is 0.122 e. The molecule has 1 N–H and O–H groups in total. The summed E-state index contributed by atoms with van der Waals surface area (Å²) in [5, 5.41) is 3.48. The van der Waals surface area contributed by atoms with Gasteiger partial charge in [-0.3, -0.25) is 4.90 Å². The fraction of sp³-hybridized carbons (Fsp3) is 0.778. The third kappa shape index (κ3) is 3.70. The summed E-state index contributed by atoms with van der Waals surface area (Å²) >= 11 is 0. The van der Waals surface area contributed by atoms with Gasteiger partial charge >= 0.3 is 0 Å². The van der Waals surface area contributed by atoms with Crippen molar-refractivity contribution in [1.29, 1.82) is 0 Å². The van der Waals surface area contributed by atoms with E-state index in [1.165, 1.54) is 37.8 Å². The van der Waals surface area contributed by atoms with Crippen LogP contribution >= 0.6 is 0 Å². The minimum Gasteiger partial charge on any atom is -0.468 e. The van der Waals surface area contributed by atoms with E-state index in [-0.39, 0.29) is 0 Å². The zero-order valence-electron chi connectivity index (χ0n) is 13.8. The second kappa shape index (κ2) is 6.53. The number of hydrogen-bond donors (Lipinski definition) is 1. The Morgan fingerprint density at radius 3 is 2.86 bits per heavy atom. The maximum Gasteiger partial charge on any atom is 0.122 e. The molecule has 0 aromatic carbocycles. The van der Waals surface area contributed by atoms with E-state index in [0.29, 0.717) is 6.04 Å². The van der Waals surface area contributed by atoms with E-state index >= 15 is 0 Å². The van der Waals surface area contributed by atoms with Crippen LogP contribution in [0.2, 0.25) is 0 Å². The van der Waals surface area contributed by atoms with Crippen LogP contribution < -0.4 is 5.32 Å². The van der Waals surface area contributed by atoms with Crippen molar-refractivity contribution < 1.29 is 4.42 Å². The van der Waals surface area contributed by atoms with Crippen molar-refractivity contribution in [2.75, 3.05) is 13.6 Å². The molecular formula is C18H30N2O. The van der Waals surface area contributed by atoms with Crippen LogP contribution in [0.4, 0.5) is 0 Å². The summed E-state index contributed by atoms with van der Waals surface area (Å²) in [7, 11) is 2.24. The van der Waals surface area contributed by atoms with Gasteiger partial charge in [0, 0.05) is 24.7 Å². The van der Waals surface area contributed by atoms with Crippen molar-refractivity contribution in [3.05, 3.63) is 23.7 Å². The third-order valence-electron chi connectivity index (χ3n) is 5.38. The molecule has 0 radical (unpaired) electrons. The second-order valence-electron chi connectivity index (χ2n) is 7.54. The highest BCUT2D eigenvalue weighted by atomic mass is 16.3. The average Bonchev–Trinajstić information content (AvgIpc) is 3.12. The Kier molecular flexibility index (Phi) is 4.70. The van der Waals surface area contributed by atoms with E-state index in [2.05, 4.69) is 37.2 Å². The first kappa shape index (κ1) is 15.1. The molecule has 3 heteroatoms. The first-order valence-corrected chi connectivity index (χ1v) is 8.59. The van der Waals surface area contributed by atoms with Crippen molar-refractivity contribution in [1.82, 2.24) is 10.2 Å². The zero-order chi connectivity index (χ0) is 14.8. The molecule has 2 bridgehead atoms. The van der Waals surface area contributed by atoms with Gasteiger partial charge in [0.15, 0.2) is 0 Å². The van der Waals surface area contributed by atoms with Crippen molar-refractivity contribution in [2.24, 2.45) is 17.8 Å². The van der Waals surface area contributed by atoms with Crippen LogP contribution in [0, 0.1) is 17.8 Å². The Balaban J connectivity index is 1.50. The second-order valence-corrected chi connectivity index (χ2v) is 7.54. The first-order valence-electron chi connectivity index (χ1n) is 8.59. The number of nitrogens with one attached hydrogen (secondary N) is 1. The van der Waals surface area contributed by atoms with Crippen molar-refractivity contribution in [3.63, 3.8) is 0 Å². The van der Waals surface area contributed by atoms with E-state index in [0.717, 1.165) is 36.6 Å². The van der Waals surface area contributed by atoms with Crippen LogP contribution in [0.1, 0.15) is 50.9 Å². The molecule has 0 aliphatic heterocycles. The topological polar surface area (TPSA) is 28.4 Å². The molecule has 3 nitrogen and oxygen atoms in total. The Labute approximate surface area is 129 Å². The minimum atomic E-state index is 0.513. The molecule has 0 amide bonds. The van der Waals surface area contributed by atoms with E-state index < -0.39 is 0 Å². The predicted molar refractivity (Wildman–Crippen MR) is 86.0 cm³/mol. The predicted octanol–water partition coefficient (Wildman–Crippen LogP) is 3.65. The largest absolute Gasteiger partial charge is 0.468 e. The molecule has 1 aromatic heterocycles. The number of rotatable bonds is 7. The Morgan fingerprint density at radius 1 is 1.33 bits per heavy atom. The van der Waals surface area contributed by atoms with Gasteiger partial charge in [-0.25, -0.2) is 0 Å². The molecule has 0 saturated heterocycles. The van der Waals surface area contributed by atoms with Gasteiger partial charge in [0.1, 0.15) is 5.76 Å². The van der Waals surface area contributed by atoms with Gasteiger partial charge < -0.3 is 9.73 Å². The monoisotopic (exact) mass is 290 g/mol. The Hall–Kier alpha value is -0.800. The summed E-state index contributed by atoms with van der Waals surface area (Å²) in [6, 6.07) is 2.62. The average molecular weight is 290 g/mol. The molecular weight excluding hydrogens is 260 g/mol. The number of nitrogens with zero attached hydrogens (tertiary/aromatic N) is 1. The van der Waals surface area contributed by atoms with Gasteiger partial charge in [-0.2, -0.15) is 0 Å². The maximum absolute atomic E-state index is 5.71. The lowest BCUT2D eigenvalue weighted by Crippen LogP contribution is -2.29. The van der Waals surface area contributed by atoms with Gasteiger partial charge in [0.05, 0.1) is 12.8 Å². The summed E-state index contributed by atoms with van der Waals surface area (Å²) in [5.74, 6) is 4.12. The molecule has 3 rings (SSSR count). The standard InChI is InChI=1S/C18H30N2O/c1-13(2)19-10-16-6-7-21-18(16)12-20(3)11-17-9-14-4-5-15(17)8-14/h6-7,13-15,17,19H,4-5,8-12H2,1-3H3. The minimum absolute atomic E-state index is 0.513. The summed E-state index contributed by atoms with van der Waals surface area (Å²) in [6.45, 7) is 7.45. The fourth-order valence-corrected chi connectivity index (χ4v) is 4.29. The lowest BCUT2D eigenvalue weighted by Gasteiger charge is -2.26. The molecule has 0 spiro atoms. The zero-order valence-corrected chi connectivity index (χ0v) is 13.8. The van der Waals surface area contributed by atoms with E-state index in [9.17, 15) is 0 Å². The van der Waals surface area contributed by atoms with Gasteiger partial charge in [0.2, 0.25) is 0 Å². The third-order valence-corrected chi connectivity index (χ3v) is 5.38. The van der Waals surface area contributed by atoms with Crippen LogP contribution in [0.3, 0.4) is 0 Å². The summed E-state index contributed by atoms with van der Waals surface area (Å²) < 4.78 is 5.71. The maximum atomic E-state index is 5.71. The van der Waals surface area contributed by atoms with E-state index in [1.54, 1.807) is 0 Å². The van der Waals surface area contributed by atoms with Crippen LogP contribution in [0.5, 0.6) is 0 Å².